The molecule has 3 rings (SSSR count). The maximum atomic E-state index is 12.2. The van der Waals surface area contributed by atoms with Crippen molar-refractivity contribution >= 4 is 23.9 Å². The van der Waals surface area contributed by atoms with Gasteiger partial charge < -0.3 is 18.8 Å². The molecular formula is C22H25N5O4S. The van der Waals surface area contributed by atoms with E-state index in [1.807, 2.05) is 54.0 Å². The lowest BCUT2D eigenvalue weighted by molar-refractivity contribution is -0.118. The van der Waals surface area contributed by atoms with E-state index >= 15 is 0 Å². The molecule has 1 N–H and O–H groups in total. The number of carbonyl (C=O) groups is 1. The van der Waals surface area contributed by atoms with E-state index in [1.54, 1.807) is 27.5 Å². The first-order chi connectivity index (χ1) is 15.6. The maximum Gasteiger partial charge on any atom is 0.250 e. The van der Waals surface area contributed by atoms with Gasteiger partial charge in [0.1, 0.15) is 5.75 Å². The number of nitrogens with zero attached hydrogens (tertiary/aromatic N) is 4. The van der Waals surface area contributed by atoms with Gasteiger partial charge in [0, 0.05) is 12.1 Å². The summed E-state index contributed by atoms with van der Waals surface area (Å²) in [4.78, 5) is 12.2. The van der Waals surface area contributed by atoms with E-state index in [9.17, 15) is 4.79 Å². The second kappa shape index (κ2) is 11.2. The topological polar surface area (TPSA) is 99.9 Å². The molecule has 1 heterocycles. The Labute approximate surface area is 190 Å². The highest BCUT2D eigenvalue weighted by atomic mass is 32.2. The number of rotatable bonds is 10. The number of amides is 1. The van der Waals surface area contributed by atoms with Gasteiger partial charge in [-0.2, -0.15) is 5.10 Å². The van der Waals surface area contributed by atoms with Crippen LogP contribution in [0, 0.1) is 0 Å². The average molecular weight is 456 g/mol. The summed E-state index contributed by atoms with van der Waals surface area (Å²) < 4.78 is 17.7. The standard InChI is InChI=1S/C22H25N5O4S/c1-5-27-21(16-8-11-18(30-3)19(12-16)31-4)25-26-22(27)32-14-20(28)24-23-13-15-6-9-17(29-2)10-7-15/h6-13H,5,14H2,1-4H3,(H,24,28)/b23-13+. The Kier molecular flexibility index (Phi) is 8.09. The Balaban J connectivity index is 1.62. The fourth-order valence-corrected chi connectivity index (χ4v) is 3.70. The van der Waals surface area contributed by atoms with Crippen molar-refractivity contribution in [2.75, 3.05) is 27.1 Å². The van der Waals surface area contributed by atoms with Crippen molar-refractivity contribution in [3.05, 3.63) is 48.0 Å². The van der Waals surface area contributed by atoms with Crippen LogP contribution in [0.4, 0.5) is 0 Å². The highest BCUT2D eigenvalue weighted by molar-refractivity contribution is 7.99. The predicted molar refractivity (Wildman–Crippen MR) is 124 cm³/mol. The Morgan fingerprint density at radius 1 is 1.06 bits per heavy atom. The maximum absolute atomic E-state index is 12.2. The molecule has 32 heavy (non-hydrogen) atoms. The Hall–Kier alpha value is -3.53. The third-order valence-corrected chi connectivity index (χ3v) is 5.49. The van der Waals surface area contributed by atoms with E-state index < -0.39 is 0 Å². The third-order valence-electron chi connectivity index (χ3n) is 4.53. The Morgan fingerprint density at radius 3 is 2.47 bits per heavy atom. The van der Waals surface area contributed by atoms with Gasteiger partial charge in [0.05, 0.1) is 33.3 Å². The fraction of sp³-hybridized carbons (Fsp3) is 0.273. The zero-order valence-corrected chi connectivity index (χ0v) is 19.2. The molecule has 0 atom stereocenters. The van der Waals surface area contributed by atoms with Gasteiger partial charge in [-0.15, -0.1) is 10.2 Å². The minimum Gasteiger partial charge on any atom is -0.497 e. The van der Waals surface area contributed by atoms with Gasteiger partial charge in [0.25, 0.3) is 5.91 Å². The van der Waals surface area contributed by atoms with Crippen LogP contribution in [0.3, 0.4) is 0 Å². The average Bonchev–Trinajstić information content (AvgIpc) is 3.25. The molecule has 0 unspecified atom stereocenters. The number of carbonyl (C=O) groups excluding carboxylic acids is 1. The number of aromatic nitrogens is 3. The summed E-state index contributed by atoms with van der Waals surface area (Å²) >= 11 is 1.29. The number of hydrogen-bond donors (Lipinski definition) is 1. The number of hydrazone groups is 1. The van der Waals surface area contributed by atoms with Gasteiger partial charge in [0.15, 0.2) is 22.5 Å². The molecule has 0 saturated heterocycles. The molecule has 0 bridgehead atoms. The summed E-state index contributed by atoms with van der Waals surface area (Å²) in [6.07, 6.45) is 1.58. The van der Waals surface area contributed by atoms with Gasteiger partial charge in [-0.1, -0.05) is 11.8 Å². The summed E-state index contributed by atoms with van der Waals surface area (Å²) in [6, 6.07) is 12.9. The van der Waals surface area contributed by atoms with Crippen molar-refractivity contribution in [3.8, 4) is 28.6 Å². The molecule has 2 aromatic carbocycles. The molecule has 10 heteroatoms. The van der Waals surface area contributed by atoms with E-state index in [0.717, 1.165) is 16.9 Å². The lowest BCUT2D eigenvalue weighted by atomic mass is 10.2. The molecule has 3 aromatic rings. The SMILES string of the molecule is CCn1c(SCC(=O)N/N=C/c2ccc(OC)cc2)nnc1-c1ccc(OC)c(OC)c1. The number of ether oxygens (including phenoxy) is 3. The Morgan fingerprint density at radius 2 is 1.81 bits per heavy atom. The molecule has 0 aliphatic carbocycles. The highest BCUT2D eigenvalue weighted by Crippen LogP contribution is 2.32. The highest BCUT2D eigenvalue weighted by Gasteiger charge is 2.16. The van der Waals surface area contributed by atoms with E-state index in [0.29, 0.717) is 29.0 Å². The van der Waals surface area contributed by atoms with Crippen molar-refractivity contribution in [1.29, 1.82) is 0 Å². The number of thioether (sulfide) groups is 1. The summed E-state index contributed by atoms with van der Waals surface area (Å²) in [5.74, 6) is 2.62. The molecule has 168 valence electrons. The molecule has 0 aliphatic rings. The van der Waals surface area contributed by atoms with Gasteiger partial charge >= 0.3 is 0 Å². The third kappa shape index (κ3) is 5.58. The second-order valence-electron chi connectivity index (χ2n) is 6.48. The van der Waals surface area contributed by atoms with Crippen LogP contribution in [0.25, 0.3) is 11.4 Å². The van der Waals surface area contributed by atoms with Crippen LogP contribution in [-0.2, 0) is 11.3 Å². The summed E-state index contributed by atoms with van der Waals surface area (Å²) in [7, 11) is 4.78. The second-order valence-corrected chi connectivity index (χ2v) is 7.42. The van der Waals surface area contributed by atoms with Crippen molar-refractivity contribution in [2.45, 2.75) is 18.6 Å². The Bertz CT molecular complexity index is 1080. The number of methoxy groups -OCH3 is 3. The monoisotopic (exact) mass is 455 g/mol. The van der Waals surface area contributed by atoms with Crippen molar-refractivity contribution < 1.29 is 19.0 Å². The molecule has 9 nitrogen and oxygen atoms in total. The smallest absolute Gasteiger partial charge is 0.250 e. The molecule has 0 spiro atoms. The van der Waals surface area contributed by atoms with Crippen LogP contribution in [0.1, 0.15) is 12.5 Å². The van der Waals surface area contributed by atoms with Crippen LogP contribution in [-0.4, -0.2) is 54.0 Å². The van der Waals surface area contributed by atoms with Gasteiger partial charge in [-0.05, 0) is 55.0 Å². The van der Waals surface area contributed by atoms with Gasteiger partial charge in [-0.3, -0.25) is 4.79 Å². The molecule has 0 radical (unpaired) electrons. The summed E-state index contributed by atoms with van der Waals surface area (Å²) in [5.41, 5.74) is 4.22. The van der Waals surface area contributed by atoms with Crippen LogP contribution in [0.15, 0.2) is 52.7 Å². The minimum atomic E-state index is -0.238. The van der Waals surface area contributed by atoms with Crippen LogP contribution < -0.4 is 19.6 Å². The van der Waals surface area contributed by atoms with Crippen LogP contribution in [0.2, 0.25) is 0 Å². The molecule has 0 aliphatic heterocycles. The number of benzene rings is 2. The van der Waals surface area contributed by atoms with Crippen LogP contribution >= 0.6 is 11.8 Å². The van der Waals surface area contributed by atoms with E-state index in [-0.39, 0.29) is 11.7 Å². The van der Waals surface area contributed by atoms with E-state index in [1.165, 1.54) is 11.8 Å². The number of nitrogens with one attached hydrogen (secondary N) is 1. The predicted octanol–water partition coefficient (Wildman–Crippen LogP) is 3.23. The van der Waals surface area contributed by atoms with Crippen molar-refractivity contribution in [3.63, 3.8) is 0 Å². The van der Waals surface area contributed by atoms with E-state index in [4.69, 9.17) is 14.2 Å². The molecule has 1 aromatic heterocycles. The first-order valence-corrected chi connectivity index (χ1v) is 10.8. The number of hydrogen-bond acceptors (Lipinski definition) is 8. The molecular weight excluding hydrogens is 430 g/mol. The fourth-order valence-electron chi connectivity index (χ4n) is 2.90. The zero-order valence-electron chi connectivity index (χ0n) is 18.4. The first kappa shape index (κ1) is 23.1. The summed E-state index contributed by atoms with van der Waals surface area (Å²) in [5, 5.41) is 13.2. The van der Waals surface area contributed by atoms with Gasteiger partial charge in [-0.25, -0.2) is 5.43 Å². The lowest BCUT2D eigenvalue weighted by Crippen LogP contribution is -2.20. The molecule has 1 amide bonds. The first-order valence-electron chi connectivity index (χ1n) is 9.84. The minimum absolute atomic E-state index is 0.157. The van der Waals surface area contributed by atoms with E-state index in [2.05, 4.69) is 20.7 Å². The van der Waals surface area contributed by atoms with Crippen LogP contribution in [0.5, 0.6) is 17.2 Å². The molecule has 0 saturated carbocycles. The van der Waals surface area contributed by atoms with Crippen molar-refractivity contribution in [1.82, 2.24) is 20.2 Å². The van der Waals surface area contributed by atoms with Crippen molar-refractivity contribution in [2.24, 2.45) is 5.10 Å². The van der Waals surface area contributed by atoms with Gasteiger partial charge in [0.2, 0.25) is 0 Å². The summed E-state index contributed by atoms with van der Waals surface area (Å²) in [6.45, 7) is 2.65. The largest absolute Gasteiger partial charge is 0.497 e. The lowest BCUT2D eigenvalue weighted by Gasteiger charge is -2.10. The molecule has 0 fully saturated rings. The zero-order chi connectivity index (χ0) is 22.9. The quantitative estimate of drug-likeness (QED) is 0.285. The normalized spacial score (nSPS) is 10.9.